The third-order valence-electron chi connectivity index (χ3n) is 2.22. The highest BCUT2D eigenvalue weighted by atomic mass is 32.2. The van der Waals surface area contributed by atoms with Crippen molar-refractivity contribution < 1.29 is 0 Å². The quantitative estimate of drug-likeness (QED) is 0.812. The van der Waals surface area contributed by atoms with Gasteiger partial charge >= 0.3 is 0 Å². The number of thioether (sulfide) groups is 1. The van der Waals surface area contributed by atoms with Crippen LogP contribution in [0.4, 0.5) is 0 Å². The molecule has 0 bridgehead atoms. The van der Waals surface area contributed by atoms with E-state index in [1.54, 1.807) is 6.20 Å². The maximum atomic E-state index is 6.09. The molecule has 0 aliphatic heterocycles. The lowest BCUT2D eigenvalue weighted by molar-refractivity contribution is 0.633. The second kappa shape index (κ2) is 6.04. The summed E-state index contributed by atoms with van der Waals surface area (Å²) in [6.07, 6.45) is 4.73. The van der Waals surface area contributed by atoms with Gasteiger partial charge in [-0.05, 0) is 23.8 Å². The minimum absolute atomic E-state index is 0.226. The van der Waals surface area contributed by atoms with Gasteiger partial charge in [0, 0.05) is 23.7 Å². The summed E-state index contributed by atoms with van der Waals surface area (Å²) in [5.41, 5.74) is 7.33. The van der Waals surface area contributed by atoms with Crippen LogP contribution in [0, 0.1) is 0 Å². The molecule has 1 aromatic rings. The van der Waals surface area contributed by atoms with Gasteiger partial charge in [-0.25, -0.2) is 0 Å². The normalized spacial score (nSPS) is 15.1. The monoisotopic (exact) mass is 210 g/mol. The maximum Gasteiger partial charge on any atom is 0.0463 e. The average molecular weight is 210 g/mol. The van der Waals surface area contributed by atoms with E-state index in [1.165, 1.54) is 5.56 Å². The first kappa shape index (κ1) is 11.5. The fraction of sp³-hybridized carbons (Fsp3) is 0.545. The number of nitrogens with two attached hydrogens (primary N) is 1. The summed E-state index contributed by atoms with van der Waals surface area (Å²) in [5.74, 6) is 1.09. The average Bonchev–Trinajstić information content (AvgIpc) is 2.26. The van der Waals surface area contributed by atoms with Crippen molar-refractivity contribution >= 4 is 11.8 Å². The predicted octanol–water partition coefficient (Wildman–Crippen LogP) is 2.61. The molecule has 2 nitrogen and oxygen atoms in total. The van der Waals surface area contributed by atoms with Crippen LogP contribution in [0.25, 0.3) is 0 Å². The van der Waals surface area contributed by atoms with Gasteiger partial charge in [0.05, 0.1) is 0 Å². The van der Waals surface area contributed by atoms with E-state index in [0.717, 1.165) is 12.2 Å². The van der Waals surface area contributed by atoms with Crippen LogP contribution in [0.3, 0.4) is 0 Å². The third kappa shape index (κ3) is 3.00. The molecule has 0 saturated heterocycles. The first-order valence-electron chi connectivity index (χ1n) is 5.06. The van der Waals surface area contributed by atoms with E-state index >= 15 is 0 Å². The van der Waals surface area contributed by atoms with Gasteiger partial charge in [-0.2, -0.15) is 11.8 Å². The van der Waals surface area contributed by atoms with Gasteiger partial charge in [-0.1, -0.05) is 19.9 Å². The van der Waals surface area contributed by atoms with Crippen molar-refractivity contribution in [2.45, 2.75) is 31.6 Å². The molecule has 0 aliphatic rings. The van der Waals surface area contributed by atoms with Crippen LogP contribution in [-0.4, -0.2) is 16.8 Å². The Morgan fingerprint density at radius 3 is 2.79 bits per heavy atom. The molecule has 2 atom stereocenters. The fourth-order valence-electron chi connectivity index (χ4n) is 1.40. The van der Waals surface area contributed by atoms with Crippen LogP contribution in [0.2, 0.25) is 0 Å². The highest BCUT2D eigenvalue weighted by molar-refractivity contribution is 7.99. The molecule has 14 heavy (non-hydrogen) atoms. The SMILES string of the molecule is CCSC(c1cccnc1)C(N)CC. The zero-order valence-corrected chi connectivity index (χ0v) is 9.63. The topological polar surface area (TPSA) is 38.9 Å². The summed E-state index contributed by atoms with van der Waals surface area (Å²) in [6.45, 7) is 4.29. The molecule has 78 valence electrons. The van der Waals surface area contributed by atoms with E-state index in [9.17, 15) is 0 Å². The highest BCUT2D eigenvalue weighted by Gasteiger charge is 2.17. The molecule has 0 aliphatic carbocycles. The molecule has 2 N–H and O–H groups in total. The van der Waals surface area contributed by atoms with E-state index in [1.807, 2.05) is 24.0 Å². The Labute approximate surface area is 90.3 Å². The van der Waals surface area contributed by atoms with Crippen molar-refractivity contribution in [3.63, 3.8) is 0 Å². The molecule has 1 rings (SSSR count). The standard InChI is InChI=1S/C11H18N2S/c1-3-10(12)11(14-4-2)9-6-5-7-13-8-9/h5-8,10-11H,3-4,12H2,1-2H3. The molecule has 0 amide bonds. The molecule has 0 radical (unpaired) electrons. The lowest BCUT2D eigenvalue weighted by Gasteiger charge is -2.21. The van der Waals surface area contributed by atoms with Crippen molar-refractivity contribution in [3.05, 3.63) is 30.1 Å². The maximum absolute atomic E-state index is 6.09. The van der Waals surface area contributed by atoms with E-state index < -0.39 is 0 Å². The molecule has 1 aromatic heterocycles. The van der Waals surface area contributed by atoms with Gasteiger partial charge in [-0.3, -0.25) is 4.98 Å². The van der Waals surface area contributed by atoms with Crippen molar-refractivity contribution in [1.29, 1.82) is 0 Å². The van der Waals surface area contributed by atoms with Gasteiger partial charge in [-0.15, -0.1) is 0 Å². The van der Waals surface area contributed by atoms with Crippen LogP contribution < -0.4 is 5.73 Å². The van der Waals surface area contributed by atoms with Crippen LogP contribution in [0.5, 0.6) is 0 Å². The first-order chi connectivity index (χ1) is 6.79. The number of nitrogens with zero attached hydrogens (tertiary/aromatic N) is 1. The summed E-state index contributed by atoms with van der Waals surface area (Å²) in [7, 11) is 0. The van der Waals surface area contributed by atoms with Crippen molar-refractivity contribution in [1.82, 2.24) is 4.98 Å². The fourth-order valence-corrected chi connectivity index (χ4v) is 2.54. The number of rotatable bonds is 5. The summed E-state index contributed by atoms with van der Waals surface area (Å²) in [4.78, 5) is 4.14. The molecule has 0 spiro atoms. The van der Waals surface area contributed by atoms with Gasteiger partial charge < -0.3 is 5.73 Å². The molecule has 0 aromatic carbocycles. The Bertz CT molecular complexity index is 251. The molecular weight excluding hydrogens is 192 g/mol. The zero-order chi connectivity index (χ0) is 10.4. The van der Waals surface area contributed by atoms with Crippen LogP contribution in [0.1, 0.15) is 31.1 Å². The Morgan fingerprint density at radius 1 is 1.50 bits per heavy atom. The summed E-state index contributed by atoms with van der Waals surface area (Å²) in [6, 6.07) is 4.31. The van der Waals surface area contributed by atoms with Crippen LogP contribution in [0.15, 0.2) is 24.5 Å². The lowest BCUT2D eigenvalue weighted by atomic mass is 10.1. The predicted molar refractivity (Wildman–Crippen MR) is 63.4 cm³/mol. The number of aromatic nitrogens is 1. The Morgan fingerprint density at radius 2 is 2.29 bits per heavy atom. The molecule has 0 saturated carbocycles. The van der Waals surface area contributed by atoms with Gasteiger partial charge in [0.2, 0.25) is 0 Å². The van der Waals surface area contributed by atoms with E-state index in [0.29, 0.717) is 5.25 Å². The van der Waals surface area contributed by atoms with Crippen LogP contribution in [-0.2, 0) is 0 Å². The number of hydrogen-bond acceptors (Lipinski definition) is 3. The van der Waals surface area contributed by atoms with Crippen LogP contribution >= 0.6 is 11.8 Å². The highest BCUT2D eigenvalue weighted by Crippen LogP contribution is 2.31. The molecule has 3 heteroatoms. The lowest BCUT2D eigenvalue weighted by Crippen LogP contribution is -2.25. The Hall–Kier alpha value is -0.540. The molecular formula is C11H18N2S. The largest absolute Gasteiger partial charge is 0.326 e. The van der Waals surface area contributed by atoms with Crippen molar-refractivity contribution in [2.75, 3.05) is 5.75 Å². The Balaban J connectivity index is 2.77. The Kier molecular flexibility index (Phi) is 4.98. The second-order valence-corrected chi connectivity index (χ2v) is 4.65. The van der Waals surface area contributed by atoms with Crippen molar-refractivity contribution in [2.24, 2.45) is 5.73 Å². The third-order valence-corrected chi connectivity index (χ3v) is 3.53. The molecule has 0 fully saturated rings. The molecule has 2 unspecified atom stereocenters. The summed E-state index contributed by atoms with van der Waals surface area (Å²) >= 11 is 1.90. The minimum Gasteiger partial charge on any atom is -0.326 e. The summed E-state index contributed by atoms with van der Waals surface area (Å²) < 4.78 is 0. The summed E-state index contributed by atoms with van der Waals surface area (Å²) in [5, 5.41) is 0.388. The van der Waals surface area contributed by atoms with Gasteiger partial charge in [0.25, 0.3) is 0 Å². The second-order valence-electron chi connectivity index (χ2n) is 3.23. The van der Waals surface area contributed by atoms with E-state index in [-0.39, 0.29) is 6.04 Å². The van der Waals surface area contributed by atoms with Crippen molar-refractivity contribution in [3.8, 4) is 0 Å². The van der Waals surface area contributed by atoms with Gasteiger partial charge in [0.15, 0.2) is 0 Å². The zero-order valence-electron chi connectivity index (χ0n) is 8.81. The van der Waals surface area contributed by atoms with Gasteiger partial charge in [0.1, 0.15) is 0 Å². The first-order valence-corrected chi connectivity index (χ1v) is 6.11. The number of hydrogen-bond donors (Lipinski definition) is 1. The van der Waals surface area contributed by atoms with E-state index in [4.69, 9.17) is 5.73 Å². The smallest absolute Gasteiger partial charge is 0.0463 e. The minimum atomic E-state index is 0.226. The number of pyridine rings is 1. The van der Waals surface area contributed by atoms with E-state index in [2.05, 4.69) is 24.9 Å². The molecule has 1 heterocycles.